The number of para-hydroxylation sites is 1. The molecule has 1 aliphatic rings. The Labute approximate surface area is 157 Å². The van der Waals surface area contributed by atoms with Gasteiger partial charge in [-0.1, -0.05) is 36.7 Å². The number of hydrogen-bond donors (Lipinski definition) is 2. The summed E-state index contributed by atoms with van der Waals surface area (Å²) in [5.74, 6) is 0.183. The summed E-state index contributed by atoms with van der Waals surface area (Å²) in [7, 11) is 0. The fourth-order valence-electron chi connectivity index (χ4n) is 2.96. The minimum absolute atomic E-state index is 0.0213. The zero-order valence-corrected chi connectivity index (χ0v) is 15.7. The van der Waals surface area contributed by atoms with Crippen molar-refractivity contribution < 1.29 is 14.3 Å². The molecule has 0 radical (unpaired) electrons. The summed E-state index contributed by atoms with van der Waals surface area (Å²) in [6.07, 6.45) is 0.0213. The summed E-state index contributed by atoms with van der Waals surface area (Å²) >= 11 is 6.05. The summed E-state index contributed by atoms with van der Waals surface area (Å²) in [6, 6.07) is 10.8. The Hall–Kier alpha value is -2.53. The van der Waals surface area contributed by atoms with Crippen LogP contribution in [0, 0.1) is 6.92 Å². The molecule has 136 valence electrons. The van der Waals surface area contributed by atoms with Crippen LogP contribution in [0.3, 0.4) is 0 Å². The molecular formula is C20H21ClN2O3. The highest BCUT2D eigenvalue weighted by molar-refractivity contribution is 6.31. The van der Waals surface area contributed by atoms with Crippen LogP contribution in [-0.4, -0.2) is 24.5 Å². The Morgan fingerprint density at radius 1 is 1.15 bits per heavy atom. The molecule has 0 saturated heterocycles. The number of amides is 2. The average molecular weight is 373 g/mol. The highest BCUT2D eigenvalue weighted by Crippen LogP contribution is 2.40. The highest BCUT2D eigenvalue weighted by atomic mass is 35.5. The van der Waals surface area contributed by atoms with Crippen LogP contribution < -0.4 is 15.4 Å². The SMILES string of the molecule is Cc1c(Cl)cccc1NC(=O)CNC(=O)c1cccc2c1OC(C)C2C. The van der Waals surface area contributed by atoms with Crippen molar-refractivity contribution in [2.24, 2.45) is 0 Å². The van der Waals surface area contributed by atoms with Gasteiger partial charge < -0.3 is 15.4 Å². The van der Waals surface area contributed by atoms with E-state index in [4.69, 9.17) is 16.3 Å². The second-order valence-corrected chi connectivity index (χ2v) is 6.89. The van der Waals surface area contributed by atoms with Gasteiger partial charge in [-0.25, -0.2) is 0 Å². The smallest absolute Gasteiger partial charge is 0.255 e. The topological polar surface area (TPSA) is 67.4 Å². The largest absolute Gasteiger partial charge is 0.489 e. The Bertz CT molecular complexity index is 866. The molecule has 5 nitrogen and oxygen atoms in total. The van der Waals surface area contributed by atoms with E-state index in [-0.39, 0.29) is 30.4 Å². The van der Waals surface area contributed by atoms with Crippen LogP contribution in [0.25, 0.3) is 0 Å². The molecule has 1 aliphatic heterocycles. The van der Waals surface area contributed by atoms with Crippen molar-refractivity contribution in [3.8, 4) is 5.75 Å². The quantitative estimate of drug-likeness (QED) is 0.855. The summed E-state index contributed by atoms with van der Waals surface area (Å²) in [5.41, 5.74) is 2.88. The van der Waals surface area contributed by atoms with Gasteiger partial charge in [-0.15, -0.1) is 0 Å². The van der Waals surface area contributed by atoms with Crippen LogP contribution in [0.2, 0.25) is 5.02 Å². The van der Waals surface area contributed by atoms with Crippen LogP contribution in [0.4, 0.5) is 5.69 Å². The average Bonchev–Trinajstić information content (AvgIpc) is 2.91. The molecule has 0 saturated carbocycles. The van der Waals surface area contributed by atoms with E-state index in [1.54, 1.807) is 24.3 Å². The van der Waals surface area contributed by atoms with Crippen LogP contribution in [-0.2, 0) is 4.79 Å². The maximum absolute atomic E-state index is 12.5. The first kappa shape index (κ1) is 18.3. The van der Waals surface area contributed by atoms with Crippen molar-refractivity contribution in [3.63, 3.8) is 0 Å². The Balaban J connectivity index is 1.65. The van der Waals surface area contributed by atoms with Gasteiger partial charge in [0.25, 0.3) is 5.91 Å². The van der Waals surface area contributed by atoms with E-state index in [9.17, 15) is 9.59 Å². The van der Waals surface area contributed by atoms with Crippen molar-refractivity contribution in [2.75, 3.05) is 11.9 Å². The van der Waals surface area contributed by atoms with Crippen LogP contribution >= 0.6 is 11.6 Å². The summed E-state index contributed by atoms with van der Waals surface area (Å²) in [5, 5.41) is 5.98. The normalized spacial score (nSPS) is 18.0. The van der Waals surface area contributed by atoms with E-state index in [1.165, 1.54) is 0 Å². The van der Waals surface area contributed by atoms with Crippen molar-refractivity contribution in [3.05, 3.63) is 58.1 Å². The number of ether oxygens (including phenoxy) is 1. The van der Waals surface area contributed by atoms with E-state index in [0.717, 1.165) is 11.1 Å². The van der Waals surface area contributed by atoms with Gasteiger partial charge >= 0.3 is 0 Å². The molecule has 2 unspecified atom stereocenters. The Morgan fingerprint density at radius 2 is 1.88 bits per heavy atom. The number of carbonyl (C=O) groups excluding carboxylic acids is 2. The summed E-state index contributed by atoms with van der Waals surface area (Å²) in [6.45, 7) is 5.73. The fourth-order valence-corrected chi connectivity index (χ4v) is 3.13. The third-order valence-corrected chi connectivity index (χ3v) is 5.15. The molecular weight excluding hydrogens is 352 g/mol. The lowest BCUT2D eigenvalue weighted by Crippen LogP contribution is -2.33. The zero-order valence-electron chi connectivity index (χ0n) is 14.9. The predicted octanol–water partition coefficient (Wildman–Crippen LogP) is 3.90. The minimum atomic E-state index is -0.332. The number of benzene rings is 2. The van der Waals surface area contributed by atoms with Crippen LogP contribution in [0.1, 0.15) is 41.3 Å². The lowest BCUT2D eigenvalue weighted by Gasteiger charge is -2.11. The van der Waals surface area contributed by atoms with Crippen LogP contribution in [0.15, 0.2) is 36.4 Å². The number of nitrogens with one attached hydrogen (secondary N) is 2. The number of rotatable bonds is 4. The molecule has 0 aliphatic carbocycles. The van der Waals surface area contributed by atoms with E-state index in [2.05, 4.69) is 17.6 Å². The van der Waals surface area contributed by atoms with Gasteiger partial charge in [0.1, 0.15) is 11.9 Å². The number of halogens is 1. The molecule has 0 aromatic heterocycles. The van der Waals surface area contributed by atoms with Crippen molar-refractivity contribution in [2.45, 2.75) is 32.8 Å². The maximum atomic E-state index is 12.5. The molecule has 2 N–H and O–H groups in total. The predicted molar refractivity (Wildman–Crippen MR) is 102 cm³/mol. The molecule has 0 spiro atoms. The van der Waals surface area contributed by atoms with E-state index in [0.29, 0.717) is 22.0 Å². The van der Waals surface area contributed by atoms with Gasteiger partial charge in [0, 0.05) is 22.2 Å². The fraction of sp³-hybridized carbons (Fsp3) is 0.300. The first-order chi connectivity index (χ1) is 12.4. The lowest BCUT2D eigenvalue weighted by atomic mass is 9.97. The molecule has 2 atom stereocenters. The van der Waals surface area contributed by atoms with E-state index >= 15 is 0 Å². The minimum Gasteiger partial charge on any atom is -0.489 e. The highest BCUT2D eigenvalue weighted by Gasteiger charge is 2.31. The van der Waals surface area contributed by atoms with Crippen molar-refractivity contribution in [1.82, 2.24) is 5.32 Å². The van der Waals surface area contributed by atoms with E-state index < -0.39 is 0 Å². The van der Waals surface area contributed by atoms with Crippen molar-refractivity contribution >= 4 is 29.1 Å². The molecule has 6 heteroatoms. The van der Waals surface area contributed by atoms with Gasteiger partial charge in [-0.3, -0.25) is 9.59 Å². The molecule has 26 heavy (non-hydrogen) atoms. The lowest BCUT2D eigenvalue weighted by molar-refractivity contribution is -0.115. The molecule has 1 heterocycles. The second-order valence-electron chi connectivity index (χ2n) is 6.48. The van der Waals surface area contributed by atoms with Crippen molar-refractivity contribution in [1.29, 1.82) is 0 Å². The van der Waals surface area contributed by atoms with Gasteiger partial charge in [0.05, 0.1) is 12.1 Å². The first-order valence-corrected chi connectivity index (χ1v) is 8.89. The summed E-state index contributed by atoms with van der Waals surface area (Å²) in [4.78, 5) is 24.7. The Kier molecular flexibility index (Phi) is 5.18. The number of fused-ring (bicyclic) bond motifs is 1. The zero-order chi connectivity index (χ0) is 18.8. The number of anilines is 1. The number of hydrogen-bond acceptors (Lipinski definition) is 3. The maximum Gasteiger partial charge on any atom is 0.255 e. The number of carbonyl (C=O) groups is 2. The molecule has 2 aromatic rings. The summed E-state index contributed by atoms with van der Waals surface area (Å²) < 4.78 is 5.83. The van der Waals surface area contributed by atoms with Gasteiger partial charge in [0.2, 0.25) is 5.91 Å². The standard InChI is InChI=1S/C20H21ClN2O3/c1-11-13(3)26-19-14(11)6-4-7-15(19)20(25)22-10-18(24)23-17-9-5-8-16(21)12(17)2/h4-9,11,13H,10H2,1-3H3,(H,22,25)(H,23,24). The monoisotopic (exact) mass is 372 g/mol. The van der Waals surface area contributed by atoms with Gasteiger partial charge in [0.15, 0.2) is 0 Å². The molecule has 0 bridgehead atoms. The Morgan fingerprint density at radius 3 is 2.65 bits per heavy atom. The molecule has 2 aromatic carbocycles. The molecule has 2 amide bonds. The third kappa shape index (κ3) is 3.53. The first-order valence-electron chi connectivity index (χ1n) is 8.51. The third-order valence-electron chi connectivity index (χ3n) is 4.74. The van der Waals surface area contributed by atoms with E-state index in [1.807, 2.05) is 26.0 Å². The molecule has 0 fully saturated rings. The second kappa shape index (κ2) is 7.38. The molecule has 3 rings (SSSR count). The van der Waals surface area contributed by atoms with Crippen LogP contribution in [0.5, 0.6) is 5.75 Å². The van der Waals surface area contributed by atoms with Gasteiger partial charge in [-0.05, 0) is 37.6 Å². The van der Waals surface area contributed by atoms with Gasteiger partial charge in [-0.2, -0.15) is 0 Å².